The smallest absolute Gasteiger partial charge is 0.409 e. The largest absolute Gasteiger partial charge is 0.449 e. The number of piperazine rings is 1. The zero-order valence-corrected chi connectivity index (χ0v) is 23.7. The molecule has 1 saturated heterocycles. The summed E-state index contributed by atoms with van der Waals surface area (Å²) in [6, 6.07) is 0. The molecule has 0 aromatic carbocycles. The number of pyridine rings is 1. The summed E-state index contributed by atoms with van der Waals surface area (Å²) in [5.41, 5.74) is 0.138. The lowest BCUT2D eigenvalue weighted by Gasteiger charge is -2.35. The number of amides is 1. The van der Waals surface area contributed by atoms with Crippen LogP contribution in [0.25, 0.3) is 10.9 Å². The molecule has 3 heterocycles. The third-order valence-corrected chi connectivity index (χ3v) is 6.05. The molecule has 0 unspecified atom stereocenters. The van der Waals surface area contributed by atoms with Gasteiger partial charge in [0, 0.05) is 26.2 Å². The standard InChI is InChI=1S/C18H22BrClFN5O2S.C3H6.C2H6/c1-3-5-10-28-18(27)26-8-6-25(7-9-26)16-11-13(22-17(24-16)29-4-2)12(21)15(20)23-14(11)19;1-3-2;1-2/h3-10H2,1-2H3;3H,1H2,2H3;1-2H3. The lowest BCUT2D eigenvalue weighted by molar-refractivity contribution is 0.0989. The first-order valence-electron chi connectivity index (χ1n) is 11.5. The number of ether oxygens (including phenoxy) is 1. The highest BCUT2D eigenvalue weighted by Gasteiger charge is 2.27. The highest BCUT2D eigenvalue weighted by atomic mass is 79.9. The molecule has 0 radical (unpaired) electrons. The number of unbranched alkanes of at least 4 members (excludes halogenated alkanes) is 1. The van der Waals surface area contributed by atoms with Gasteiger partial charge in [-0.15, -0.1) is 6.58 Å². The number of allylic oxidation sites excluding steroid dienone is 1. The van der Waals surface area contributed by atoms with Gasteiger partial charge in [0.15, 0.2) is 16.1 Å². The number of fused-ring (bicyclic) bond motifs is 1. The molecule has 2 aromatic heterocycles. The molecular formula is C23H34BrClFN5O2S. The zero-order chi connectivity index (χ0) is 25.7. The van der Waals surface area contributed by atoms with Crippen LogP contribution in [0.15, 0.2) is 22.4 Å². The van der Waals surface area contributed by atoms with Gasteiger partial charge >= 0.3 is 6.09 Å². The number of aromatic nitrogens is 3. The molecule has 1 fully saturated rings. The molecule has 0 bridgehead atoms. The van der Waals surface area contributed by atoms with E-state index < -0.39 is 5.82 Å². The Hall–Kier alpha value is -1.65. The number of carbonyl (C=O) groups excluding carboxylic acids is 1. The molecule has 34 heavy (non-hydrogen) atoms. The molecule has 1 aliphatic rings. The molecule has 0 saturated carbocycles. The number of hydrogen-bond donors (Lipinski definition) is 0. The SMILES string of the molecule is C=CC.CC.CCCCOC(=O)N1CCN(c2nc(SCC)nc3c(F)c(Cl)nc(Br)c23)CC1. The number of nitrogens with zero attached hydrogens (tertiary/aromatic N) is 5. The van der Waals surface area contributed by atoms with Gasteiger partial charge in [-0.25, -0.2) is 24.1 Å². The van der Waals surface area contributed by atoms with Crippen LogP contribution in [0.5, 0.6) is 0 Å². The van der Waals surface area contributed by atoms with Crippen molar-refractivity contribution in [3.63, 3.8) is 0 Å². The molecule has 2 aromatic rings. The molecule has 3 rings (SSSR count). The first kappa shape index (κ1) is 30.4. The van der Waals surface area contributed by atoms with E-state index in [4.69, 9.17) is 16.3 Å². The van der Waals surface area contributed by atoms with Crippen molar-refractivity contribution < 1.29 is 13.9 Å². The fourth-order valence-corrected chi connectivity index (χ4v) is 4.37. The summed E-state index contributed by atoms with van der Waals surface area (Å²) in [6.07, 6.45) is 3.28. The van der Waals surface area contributed by atoms with E-state index in [0.717, 1.165) is 18.6 Å². The third kappa shape index (κ3) is 8.23. The minimum Gasteiger partial charge on any atom is -0.449 e. The summed E-state index contributed by atoms with van der Waals surface area (Å²) >= 11 is 10.7. The summed E-state index contributed by atoms with van der Waals surface area (Å²) in [5.74, 6) is 0.675. The molecule has 11 heteroatoms. The van der Waals surface area contributed by atoms with Crippen molar-refractivity contribution in [3.05, 3.63) is 28.2 Å². The summed E-state index contributed by atoms with van der Waals surface area (Å²) in [5, 5.41) is 0.719. The summed E-state index contributed by atoms with van der Waals surface area (Å²) in [7, 11) is 0. The van der Waals surface area contributed by atoms with E-state index in [9.17, 15) is 9.18 Å². The number of thioether (sulfide) groups is 1. The van der Waals surface area contributed by atoms with Gasteiger partial charge in [-0.2, -0.15) is 0 Å². The topological polar surface area (TPSA) is 71.5 Å². The molecule has 0 atom stereocenters. The van der Waals surface area contributed by atoms with Gasteiger partial charge in [-0.3, -0.25) is 0 Å². The van der Waals surface area contributed by atoms with Crippen molar-refractivity contribution in [2.75, 3.05) is 43.4 Å². The van der Waals surface area contributed by atoms with Crippen LogP contribution < -0.4 is 4.90 Å². The highest BCUT2D eigenvalue weighted by Crippen LogP contribution is 2.35. The van der Waals surface area contributed by atoms with Crippen molar-refractivity contribution in [3.8, 4) is 0 Å². The van der Waals surface area contributed by atoms with Crippen LogP contribution in [0, 0.1) is 5.82 Å². The number of hydrogen-bond acceptors (Lipinski definition) is 7. The van der Waals surface area contributed by atoms with E-state index in [2.05, 4.69) is 37.5 Å². The minimum absolute atomic E-state index is 0.138. The Labute approximate surface area is 219 Å². The van der Waals surface area contributed by atoms with Crippen LogP contribution in [-0.2, 0) is 4.74 Å². The monoisotopic (exact) mass is 577 g/mol. The van der Waals surface area contributed by atoms with Crippen LogP contribution >= 0.6 is 39.3 Å². The average molecular weight is 579 g/mol. The lowest BCUT2D eigenvalue weighted by atomic mass is 10.2. The van der Waals surface area contributed by atoms with Gasteiger partial charge in [0.2, 0.25) is 0 Å². The van der Waals surface area contributed by atoms with Crippen LogP contribution in [0.3, 0.4) is 0 Å². The molecule has 1 amide bonds. The number of anilines is 1. The average Bonchev–Trinajstić information content (AvgIpc) is 2.84. The predicted molar refractivity (Wildman–Crippen MR) is 144 cm³/mol. The van der Waals surface area contributed by atoms with Gasteiger partial charge in [-0.05, 0) is 35.0 Å². The Morgan fingerprint density at radius 1 is 1.24 bits per heavy atom. The van der Waals surface area contributed by atoms with Gasteiger partial charge < -0.3 is 14.5 Å². The third-order valence-electron chi connectivity index (χ3n) is 4.50. The van der Waals surface area contributed by atoms with E-state index in [-0.39, 0.29) is 16.8 Å². The molecule has 7 nitrogen and oxygen atoms in total. The Balaban J connectivity index is 0.00000107. The van der Waals surface area contributed by atoms with Crippen molar-refractivity contribution in [1.82, 2.24) is 19.9 Å². The lowest BCUT2D eigenvalue weighted by Crippen LogP contribution is -2.49. The van der Waals surface area contributed by atoms with E-state index >= 15 is 0 Å². The Bertz CT molecular complexity index is 945. The van der Waals surface area contributed by atoms with Gasteiger partial charge in [-0.1, -0.05) is 63.6 Å². The first-order valence-corrected chi connectivity index (χ1v) is 13.6. The normalized spacial score (nSPS) is 12.9. The number of carbonyl (C=O) groups is 1. The van der Waals surface area contributed by atoms with Gasteiger partial charge in [0.1, 0.15) is 15.9 Å². The van der Waals surface area contributed by atoms with E-state index in [0.29, 0.717) is 53.7 Å². The van der Waals surface area contributed by atoms with E-state index in [1.165, 1.54) is 11.8 Å². The summed E-state index contributed by atoms with van der Waals surface area (Å²) in [6.45, 7) is 15.8. The minimum atomic E-state index is -0.662. The Morgan fingerprint density at radius 2 is 1.85 bits per heavy atom. The first-order chi connectivity index (χ1) is 16.4. The van der Waals surface area contributed by atoms with Crippen LogP contribution in [0.2, 0.25) is 5.15 Å². The second-order valence-electron chi connectivity index (χ2n) is 6.84. The maximum absolute atomic E-state index is 14.7. The summed E-state index contributed by atoms with van der Waals surface area (Å²) < 4.78 is 20.3. The van der Waals surface area contributed by atoms with Crippen molar-refractivity contribution in [2.45, 2.75) is 52.6 Å². The second kappa shape index (κ2) is 16.1. The quantitative estimate of drug-likeness (QED) is 0.120. The maximum atomic E-state index is 14.7. The summed E-state index contributed by atoms with van der Waals surface area (Å²) in [4.78, 5) is 28.9. The number of rotatable bonds is 6. The zero-order valence-electron chi connectivity index (χ0n) is 20.5. The molecule has 1 aliphatic heterocycles. The maximum Gasteiger partial charge on any atom is 0.409 e. The van der Waals surface area contributed by atoms with Gasteiger partial charge in [0.25, 0.3) is 0 Å². The second-order valence-corrected chi connectivity index (χ2v) is 9.18. The predicted octanol–water partition coefficient (Wildman–Crippen LogP) is 6.97. The molecule has 0 aliphatic carbocycles. The fraction of sp³-hybridized carbons (Fsp3) is 0.565. The fourth-order valence-electron chi connectivity index (χ4n) is 2.98. The van der Waals surface area contributed by atoms with E-state index in [1.807, 2.05) is 39.5 Å². The highest BCUT2D eigenvalue weighted by molar-refractivity contribution is 9.10. The van der Waals surface area contributed by atoms with E-state index in [1.54, 1.807) is 11.0 Å². The Morgan fingerprint density at radius 3 is 2.41 bits per heavy atom. The Kier molecular flexibility index (Phi) is 14.4. The molecule has 0 spiro atoms. The van der Waals surface area contributed by atoms with Gasteiger partial charge in [0.05, 0.1) is 12.0 Å². The molecule has 0 N–H and O–H groups in total. The van der Waals surface area contributed by atoms with Crippen molar-refractivity contribution in [1.29, 1.82) is 0 Å². The van der Waals surface area contributed by atoms with Crippen molar-refractivity contribution >= 4 is 62.1 Å². The number of halogens is 3. The van der Waals surface area contributed by atoms with Crippen LogP contribution in [-0.4, -0.2) is 64.5 Å². The van der Waals surface area contributed by atoms with Crippen molar-refractivity contribution in [2.24, 2.45) is 0 Å². The molecule has 190 valence electrons. The molecular weight excluding hydrogens is 545 g/mol. The van der Waals surface area contributed by atoms with Crippen LogP contribution in [0.1, 0.15) is 47.5 Å². The van der Waals surface area contributed by atoms with Crippen LogP contribution in [0.4, 0.5) is 15.0 Å².